The average Bonchev–Trinajstić information content (AvgIpc) is 3.08. The Balaban J connectivity index is 1.83. The zero-order valence-corrected chi connectivity index (χ0v) is 20.4. The van der Waals surface area contributed by atoms with Gasteiger partial charge < -0.3 is 15.0 Å². The molecule has 1 fully saturated rings. The second kappa shape index (κ2) is 10.1. The Labute approximate surface area is 193 Å². The molecule has 1 amide bonds. The van der Waals surface area contributed by atoms with Crippen LogP contribution >= 0.6 is 11.8 Å². The van der Waals surface area contributed by atoms with Gasteiger partial charge in [-0.3, -0.25) is 4.79 Å². The number of nitrogens with one attached hydrogen (secondary N) is 2. The van der Waals surface area contributed by atoms with Crippen LogP contribution in [-0.4, -0.2) is 55.5 Å². The van der Waals surface area contributed by atoms with E-state index in [2.05, 4.69) is 10.3 Å². The van der Waals surface area contributed by atoms with E-state index >= 15 is 0 Å². The fourth-order valence-electron chi connectivity index (χ4n) is 3.98. The maximum Gasteiger partial charge on any atom is 0.341 e. The van der Waals surface area contributed by atoms with Crippen LogP contribution in [0.4, 0.5) is 5.69 Å². The zero-order valence-electron chi connectivity index (χ0n) is 18.7. The van der Waals surface area contributed by atoms with Crippen LogP contribution in [0.5, 0.6) is 0 Å². The van der Waals surface area contributed by atoms with Crippen molar-refractivity contribution in [3.8, 4) is 0 Å². The first-order chi connectivity index (χ1) is 15.2. The molecule has 1 aliphatic heterocycles. The highest BCUT2D eigenvalue weighted by Crippen LogP contribution is 2.31. The number of aromatic amines is 1. The first-order valence-corrected chi connectivity index (χ1v) is 13.2. The number of carbonyl (C=O) groups excluding carboxylic acids is 2. The fraction of sp³-hybridized carbons (Fsp3) is 0.455. The number of aryl methyl sites for hydroxylation is 2. The van der Waals surface area contributed by atoms with Crippen molar-refractivity contribution in [3.05, 3.63) is 41.2 Å². The minimum Gasteiger partial charge on any atom is -0.462 e. The Morgan fingerprint density at radius 2 is 2.03 bits per heavy atom. The van der Waals surface area contributed by atoms with Crippen molar-refractivity contribution in [3.63, 3.8) is 0 Å². The molecule has 0 aliphatic carbocycles. The molecule has 0 unspecified atom stereocenters. The van der Waals surface area contributed by atoms with E-state index in [1.165, 1.54) is 4.31 Å². The van der Waals surface area contributed by atoms with Gasteiger partial charge in [-0.15, -0.1) is 11.8 Å². The minimum atomic E-state index is -4.00. The number of ether oxygens (including phenoxy) is 1. The second-order valence-corrected chi connectivity index (χ2v) is 10.5. The number of H-pyrrole nitrogens is 1. The number of amides is 1. The summed E-state index contributed by atoms with van der Waals surface area (Å²) in [6.45, 7) is 5.43. The molecule has 8 nitrogen and oxygen atoms in total. The van der Waals surface area contributed by atoms with Gasteiger partial charge in [-0.1, -0.05) is 6.07 Å². The number of rotatable bonds is 7. The molecule has 0 radical (unpaired) electrons. The number of nitrogens with zero attached hydrogens (tertiary/aromatic N) is 1. The number of benzene rings is 1. The van der Waals surface area contributed by atoms with Gasteiger partial charge in [0.15, 0.2) is 0 Å². The fourth-order valence-corrected chi connectivity index (χ4v) is 6.37. The summed E-state index contributed by atoms with van der Waals surface area (Å²) < 4.78 is 33.4. The van der Waals surface area contributed by atoms with Crippen LogP contribution in [0.15, 0.2) is 34.1 Å². The van der Waals surface area contributed by atoms with Gasteiger partial charge in [0.25, 0.3) is 0 Å². The summed E-state index contributed by atoms with van der Waals surface area (Å²) in [6.07, 6.45) is 3.11. The van der Waals surface area contributed by atoms with E-state index in [0.29, 0.717) is 36.5 Å². The predicted molar refractivity (Wildman–Crippen MR) is 125 cm³/mol. The Bertz CT molecular complexity index is 1110. The van der Waals surface area contributed by atoms with Gasteiger partial charge in [-0.2, -0.15) is 4.31 Å². The van der Waals surface area contributed by atoms with Gasteiger partial charge >= 0.3 is 5.97 Å². The maximum absolute atomic E-state index is 13.5. The van der Waals surface area contributed by atoms with E-state index in [1.807, 2.05) is 30.5 Å². The van der Waals surface area contributed by atoms with Crippen molar-refractivity contribution in [1.82, 2.24) is 9.29 Å². The summed E-state index contributed by atoms with van der Waals surface area (Å²) >= 11 is 1.58. The number of sulfonamides is 1. The highest BCUT2D eigenvalue weighted by atomic mass is 32.2. The second-order valence-electron chi connectivity index (χ2n) is 7.72. The standard InChI is InChI=1S/C22H29N3O5S2/c1-5-30-22(27)19-14(2)23-15(3)20(19)32(28,29)25-11-7-8-16(13-25)21(26)24-17-9-6-10-18(12-17)31-4/h6,9-10,12,16,23H,5,7-8,11,13H2,1-4H3,(H,24,26)/t16-/m0/s1. The molecule has 174 valence electrons. The predicted octanol–water partition coefficient (Wildman–Crippen LogP) is 3.57. The molecule has 1 aromatic carbocycles. The number of hydrogen-bond acceptors (Lipinski definition) is 6. The Morgan fingerprint density at radius 3 is 2.72 bits per heavy atom. The van der Waals surface area contributed by atoms with Crippen molar-refractivity contribution in [2.75, 3.05) is 31.3 Å². The van der Waals surface area contributed by atoms with Gasteiger partial charge in [0.05, 0.1) is 12.5 Å². The van der Waals surface area contributed by atoms with Crippen LogP contribution in [0.25, 0.3) is 0 Å². The normalized spacial score (nSPS) is 17.2. The number of hydrogen-bond donors (Lipinski definition) is 2. The van der Waals surface area contributed by atoms with Crippen LogP contribution < -0.4 is 5.32 Å². The smallest absolute Gasteiger partial charge is 0.341 e. The molecule has 0 spiro atoms. The van der Waals surface area contributed by atoms with Crippen LogP contribution in [0.3, 0.4) is 0 Å². The number of esters is 1. The van der Waals surface area contributed by atoms with E-state index in [9.17, 15) is 18.0 Å². The van der Waals surface area contributed by atoms with Gasteiger partial charge in [0.2, 0.25) is 15.9 Å². The van der Waals surface area contributed by atoms with E-state index < -0.39 is 21.9 Å². The van der Waals surface area contributed by atoms with Gasteiger partial charge in [-0.05, 0) is 58.1 Å². The van der Waals surface area contributed by atoms with Crippen LogP contribution in [0.1, 0.15) is 41.5 Å². The lowest BCUT2D eigenvalue weighted by atomic mass is 9.99. The van der Waals surface area contributed by atoms with E-state index in [0.717, 1.165) is 4.90 Å². The first-order valence-electron chi connectivity index (χ1n) is 10.5. The molecule has 2 aromatic rings. The lowest BCUT2D eigenvalue weighted by molar-refractivity contribution is -0.120. The molecule has 1 atom stereocenters. The first kappa shape index (κ1) is 24.3. The summed E-state index contributed by atoms with van der Waals surface area (Å²) in [5.41, 5.74) is 1.54. The Kier molecular flexibility index (Phi) is 7.68. The number of piperidine rings is 1. The average molecular weight is 480 g/mol. The minimum absolute atomic E-state index is 0.0322. The van der Waals surface area contributed by atoms with Crippen LogP contribution in [-0.2, 0) is 19.6 Å². The van der Waals surface area contributed by atoms with Crippen molar-refractivity contribution >= 4 is 39.3 Å². The number of thioether (sulfide) groups is 1. The molecule has 32 heavy (non-hydrogen) atoms. The molecule has 0 bridgehead atoms. The van der Waals surface area contributed by atoms with Crippen LogP contribution in [0, 0.1) is 19.8 Å². The molecule has 2 heterocycles. The van der Waals surface area contributed by atoms with Crippen LogP contribution in [0.2, 0.25) is 0 Å². The summed E-state index contributed by atoms with van der Waals surface area (Å²) in [5.74, 6) is -1.37. The number of aromatic nitrogens is 1. The Morgan fingerprint density at radius 1 is 1.28 bits per heavy atom. The molecule has 1 aliphatic rings. The molecular weight excluding hydrogens is 450 g/mol. The molecular formula is C22H29N3O5S2. The highest BCUT2D eigenvalue weighted by Gasteiger charge is 2.38. The molecule has 10 heteroatoms. The molecule has 1 saturated heterocycles. The lowest BCUT2D eigenvalue weighted by Gasteiger charge is -2.31. The number of carbonyl (C=O) groups is 2. The van der Waals surface area contributed by atoms with E-state index in [1.54, 1.807) is 32.5 Å². The molecule has 3 rings (SSSR count). The van der Waals surface area contributed by atoms with Gasteiger partial charge in [0.1, 0.15) is 10.5 Å². The summed E-state index contributed by atoms with van der Waals surface area (Å²) in [5, 5.41) is 2.91. The van der Waals surface area contributed by atoms with Crippen molar-refractivity contribution < 1.29 is 22.7 Å². The topological polar surface area (TPSA) is 109 Å². The SMILES string of the molecule is CCOC(=O)c1c(C)[nH]c(C)c1S(=O)(=O)N1CCC[C@H](C(=O)Nc2cccc(SC)c2)C1. The molecule has 0 saturated carbocycles. The van der Waals surface area contributed by atoms with Crippen molar-refractivity contribution in [2.45, 2.75) is 43.4 Å². The Hall–Kier alpha value is -2.30. The van der Waals surface area contributed by atoms with Crippen molar-refractivity contribution in [1.29, 1.82) is 0 Å². The third-order valence-corrected chi connectivity index (χ3v) is 8.25. The third-order valence-electron chi connectivity index (χ3n) is 5.49. The van der Waals surface area contributed by atoms with E-state index in [-0.39, 0.29) is 29.5 Å². The summed E-state index contributed by atoms with van der Waals surface area (Å²) in [7, 11) is -4.00. The van der Waals surface area contributed by atoms with Gasteiger partial charge in [0, 0.05) is 35.1 Å². The van der Waals surface area contributed by atoms with Gasteiger partial charge in [-0.25, -0.2) is 13.2 Å². The largest absolute Gasteiger partial charge is 0.462 e. The summed E-state index contributed by atoms with van der Waals surface area (Å²) in [6, 6.07) is 7.52. The third kappa shape index (κ3) is 5.02. The quantitative estimate of drug-likeness (QED) is 0.464. The monoisotopic (exact) mass is 479 g/mol. The lowest BCUT2D eigenvalue weighted by Crippen LogP contribution is -2.44. The van der Waals surface area contributed by atoms with E-state index in [4.69, 9.17) is 4.74 Å². The highest BCUT2D eigenvalue weighted by molar-refractivity contribution is 7.98. The summed E-state index contributed by atoms with van der Waals surface area (Å²) in [4.78, 5) is 29.3. The zero-order chi connectivity index (χ0) is 23.5. The molecule has 1 aromatic heterocycles. The number of anilines is 1. The molecule has 2 N–H and O–H groups in total. The maximum atomic E-state index is 13.5. The van der Waals surface area contributed by atoms with Crippen molar-refractivity contribution in [2.24, 2.45) is 5.92 Å².